The molecule has 0 fully saturated rings. The smallest absolute Gasteiger partial charge is 0.249 e. The van der Waals surface area contributed by atoms with Gasteiger partial charge in [0, 0.05) is 17.7 Å². The third-order valence-electron chi connectivity index (χ3n) is 2.83. The Kier molecular flexibility index (Phi) is 9.22. The van der Waals surface area contributed by atoms with Crippen molar-refractivity contribution in [3.63, 3.8) is 0 Å². The summed E-state index contributed by atoms with van der Waals surface area (Å²) >= 11 is 0. The number of ketones is 1. The number of likely N-dealkylation sites (N-methyl/N-ethyl adjacent to an activating group) is 1. The molecule has 0 unspecified atom stereocenters. The highest BCUT2D eigenvalue weighted by atomic mass is 16.3. The van der Waals surface area contributed by atoms with E-state index in [4.69, 9.17) is 5.73 Å². The van der Waals surface area contributed by atoms with Crippen LogP contribution < -0.4 is 11.1 Å². The molecule has 0 radical (unpaired) electrons. The van der Waals surface area contributed by atoms with Gasteiger partial charge in [0.2, 0.25) is 5.91 Å². The highest BCUT2D eigenvalue weighted by Crippen LogP contribution is 2.18. The van der Waals surface area contributed by atoms with Crippen LogP contribution in [0.25, 0.3) is 0 Å². The first kappa shape index (κ1) is 19.6. The number of hydrogen-bond acceptors (Lipinski definition) is 4. The van der Waals surface area contributed by atoms with Crippen molar-refractivity contribution in [3.8, 4) is 0 Å². The fraction of sp³-hybridized carbons (Fsp3) is 0.294. The van der Waals surface area contributed by atoms with E-state index in [1.54, 1.807) is 26.1 Å². The monoisotopic (exact) mass is 304 g/mol. The molecule has 0 aliphatic rings. The Morgan fingerprint density at radius 1 is 1.32 bits per heavy atom. The summed E-state index contributed by atoms with van der Waals surface area (Å²) in [5.41, 5.74) is 5.54. The molecule has 0 rings (SSSR count). The van der Waals surface area contributed by atoms with Crippen LogP contribution in [0.1, 0.15) is 20.3 Å². The number of allylic oxidation sites excluding steroid dienone is 5. The van der Waals surface area contributed by atoms with Crippen molar-refractivity contribution < 1.29 is 14.7 Å². The van der Waals surface area contributed by atoms with Crippen LogP contribution in [0.5, 0.6) is 0 Å². The molecule has 0 aromatic heterocycles. The van der Waals surface area contributed by atoms with E-state index < -0.39 is 11.7 Å². The van der Waals surface area contributed by atoms with Crippen molar-refractivity contribution >= 4 is 11.7 Å². The second-order valence-corrected chi connectivity index (χ2v) is 4.38. The molecule has 0 aromatic carbocycles. The molecule has 1 amide bonds. The molecular weight excluding hydrogens is 280 g/mol. The minimum absolute atomic E-state index is 0.0222. The topological polar surface area (TPSA) is 92.4 Å². The normalized spacial score (nSPS) is 14.0. The predicted octanol–water partition coefficient (Wildman–Crippen LogP) is 2.10. The molecule has 0 saturated carbocycles. The Hall–Kier alpha value is -2.40. The number of Topliss-reactive ketones (excluding diaryl/α,β-unsaturated/α-hetero) is 1. The lowest BCUT2D eigenvalue weighted by Gasteiger charge is -2.10. The van der Waals surface area contributed by atoms with E-state index in [2.05, 4.69) is 11.9 Å². The Morgan fingerprint density at radius 2 is 1.95 bits per heavy atom. The van der Waals surface area contributed by atoms with Crippen molar-refractivity contribution in [3.05, 3.63) is 59.4 Å². The van der Waals surface area contributed by atoms with E-state index in [0.29, 0.717) is 13.0 Å². The van der Waals surface area contributed by atoms with Gasteiger partial charge < -0.3 is 16.2 Å². The van der Waals surface area contributed by atoms with Gasteiger partial charge in [-0.05, 0) is 26.5 Å². The number of aliphatic hydroxyl groups excluding tert-OH is 1. The SMILES string of the molecule is C=C/C(C(N)=O)=C(\C=C/CC)C(=O)C(=C/CNC)/C(O)=C\C. The Bertz CT molecular complexity index is 552. The number of nitrogens with two attached hydrogens (primary N) is 1. The lowest BCUT2D eigenvalue weighted by molar-refractivity contribution is -0.115. The number of aliphatic hydroxyl groups is 1. The Labute approximate surface area is 131 Å². The fourth-order valence-corrected chi connectivity index (χ4v) is 1.69. The molecular formula is C17H24N2O3. The minimum Gasteiger partial charge on any atom is -0.508 e. The predicted molar refractivity (Wildman–Crippen MR) is 89.3 cm³/mol. The first-order valence-electron chi connectivity index (χ1n) is 7.02. The second kappa shape index (κ2) is 10.3. The zero-order valence-corrected chi connectivity index (χ0v) is 13.3. The molecule has 0 atom stereocenters. The molecule has 5 heteroatoms. The van der Waals surface area contributed by atoms with Crippen LogP contribution >= 0.6 is 0 Å². The van der Waals surface area contributed by atoms with Gasteiger partial charge in [-0.2, -0.15) is 0 Å². The summed E-state index contributed by atoms with van der Waals surface area (Å²) in [4.78, 5) is 24.2. The van der Waals surface area contributed by atoms with Gasteiger partial charge >= 0.3 is 0 Å². The minimum atomic E-state index is -0.743. The summed E-state index contributed by atoms with van der Waals surface area (Å²) in [6, 6.07) is 0. The molecule has 0 saturated heterocycles. The molecule has 0 spiro atoms. The van der Waals surface area contributed by atoms with Gasteiger partial charge in [0.05, 0.1) is 5.57 Å². The quantitative estimate of drug-likeness (QED) is 0.345. The van der Waals surface area contributed by atoms with E-state index in [0.717, 1.165) is 0 Å². The van der Waals surface area contributed by atoms with Crippen molar-refractivity contribution in [1.82, 2.24) is 5.32 Å². The second-order valence-electron chi connectivity index (χ2n) is 4.38. The highest BCUT2D eigenvalue weighted by molar-refractivity contribution is 6.17. The average molecular weight is 304 g/mol. The maximum Gasteiger partial charge on any atom is 0.249 e. The molecule has 4 N–H and O–H groups in total. The summed E-state index contributed by atoms with van der Waals surface area (Å²) in [5.74, 6) is -1.38. The van der Waals surface area contributed by atoms with E-state index in [1.807, 2.05) is 6.92 Å². The van der Waals surface area contributed by atoms with E-state index in [9.17, 15) is 14.7 Å². The summed E-state index contributed by atoms with van der Waals surface area (Å²) in [6.45, 7) is 7.43. The molecule has 22 heavy (non-hydrogen) atoms. The molecule has 5 nitrogen and oxygen atoms in total. The van der Waals surface area contributed by atoms with Crippen LogP contribution in [0.4, 0.5) is 0 Å². The van der Waals surface area contributed by atoms with Crippen LogP contribution in [-0.4, -0.2) is 30.4 Å². The van der Waals surface area contributed by atoms with Crippen LogP contribution in [0, 0.1) is 0 Å². The lowest BCUT2D eigenvalue weighted by Crippen LogP contribution is -2.19. The molecule has 0 bridgehead atoms. The first-order chi connectivity index (χ1) is 10.4. The summed E-state index contributed by atoms with van der Waals surface area (Å²) in [7, 11) is 1.72. The van der Waals surface area contributed by atoms with Gasteiger partial charge in [0.1, 0.15) is 5.76 Å². The third-order valence-corrected chi connectivity index (χ3v) is 2.83. The van der Waals surface area contributed by atoms with Gasteiger partial charge in [-0.15, -0.1) is 0 Å². The number of nitrogens with one attached hydrogen (secondary N) is 1. The Balaban J connectivity index is 6.13. The van der Waals surface area contributed by atoms with Crippen molar-refractivity contribution in [2.45, 2.75) is 20.3 Å². The number of primary amides is 1. The summed E-state index contributed by atoms with van der Waals surface area (Å²) in [5, 5.41) is 12.8. The zero-order valence-electron chi connectivity index (χ0n) is 13.3. The number of carbonyl (C=O) groups excluding carboxylic acids is 2. The molecule has 0 aliphatic heterocycles. The maximum atomic E-state index is 12.7. The molecule has 120 valence electrons. The van der Waals surface area contributed by atoms with Crippen LogP contribution in [0.2, 0.25) is 0 Å². The van der Waals surface area contributed by atoms with Gasteiger partial charge in [0.25, 0.3) is 0 Å². The number of amides is 1. The first-order valence-corrected chi connectivity index (χ1v) is 7.02. The van der Waals surface area contributed by atoms with Crippen molar-refractivity contribution in [2.24, 2.45) is 5.73 Å². The zero-order chi connectivity index (χ0) is 17.1. The van der Waals surface area contributed by atoms with Gasteiger partial charge in [-0.1, -0.05) is 37.8 Å². The molecule has 0 heterocycles. The maximum absolute atomic E-state index is 12.7. The van der Waals surface area contributed by atoms with Gasteiger partial charge in [0.15, 0.2) is 5.78 Å². The van der Waals surface area contributed by atoms with E-state index in [1.165, 1.54) is 18.2 Å². The Morgan fingerprint density at radius 3 is 2.36 bits per heavy atom. The molecule has 0 aromatic rings. The van der Waals surface area contributed by atoms with Crippen LogP contribution in [0.3, 0.4) is 0 Å². The van der Waals surface area contributed by atoms with E-state index in [-0.39, 0.29) is 22.5 Å². The molecule has 0 aliphatic carbocycles. The van der Waals surface area contributed by atoms with Crippen molar-refractivity contribution in [2.75, 3.05) is 13.6 Å². The standard InChI is InChI=1S/C17H24N2O3/c1-5-8-9-13(12(6-2)17(18)22)16(21)14(10-11-19-4)15(20)7-3/h6-10,19-20H,2,5,11H2,1,3-4H3,(H2,18,22)/b9-8-,13-12-,14-10+,15-7+. The van der Waals surface area contributed by atoms with Crippen LogP contribution in [-0.2, 0) is 9.59 Å². The summed E-state index contributed by atoms with van der Waals surface area (Å²) < 4.78 is 0. The summed E-state index contributed by atoms with van der Waals surface area (Å²) in [6.07, 6.45) is 8.17. The number of rotatable bonds is 9. The fourth-order valence-electron chi connectivity index (χ4n) is 1.69. The average Bonchev–Trinajstić information content (AvgIpc) is 2.50. The lowest BCUT2D eigenvalue weighted by atomic mass is 9.95. The van der Waals surface area contributed by atoms with Gasteiger partial charge in [-0.25, -0.2) is 0 Å². The number of carbonyl (C=O) groups is 2. The van der Waals surface area contributed by atoms with E-state index >= 15 is 0 Å². The largest absolute Gasteiger partial charge is 0.508 e. The third kappa shape index (κ3) is 5.54. The van der Waals surface area contributed by atoms with Crippen LogP contribution in [0.15, 0.2) is 59.4 Å². The van der Waals surface area contributed by atoms with Gasteiger partial charge in [-0.3, -0.25) is 9.59 Å². The number of hydrogen-bond donors (Lipinski definition) is 3. The van der Waals surface area contributed by atoms with Crippen molar-refractivity contribution in [1.29, 1.82) is 0 Å². The highest BCUT2D eigenvalue weighted by Gasteiger charge is 2.20.